The lowest BCUT2D eigenvalue weighted by Gasteiger charge is -2.32. The van der Waals surface area contributed by atoms with Crippen LogP contribution in [0.1, 0.15) is 32.8 Å². The first-order valence-corrected chi connectivity index (χ1v) is 10.6. The van der Waals surface area contributed by atoms with Crippen molar-refractivity contribution >= 4 is 39.7 Å². The van der Waals surface area contributed by atoms with Crippen LogP contribution in [0.3, 0.4) is 0 Å². The molecule has 1 heterocycles. The molecule has 1 aliphatic heterocycles. The molecule has 154 valence electrons. The van der Waals surface area contributed by atoms with Crippen LogP contribution in [0.15, 0.2) is 42.5 Å². The number of hydrogen-bond acceptors (Lipinski definition) is 5. The van der Waals surface area contributed by atoms with Gasteiger partial charge in [-0.3, -0.25) is 4.79 Å². The van der Waals surface area contributed by atoms with Crippen molar-refractivity contribution in [3.63, 3.8) is 0 Å². The van der Waals surface area contributed by atoms with Gasteiger partial charge in [-0.2, -0.15) is 9.28 Å². The number of fused-ring (bicyclic) bond motifs is 1. The van der Waals surface area contributed by atoms with Gasteiger partial charge in [0.15, 0.2) is 5.12 Å². The molecule has 4 atom stereocenters. The topological polar surface area (TPSA) is 91.7 Å². The third-order valence-corrected chi connectivity index (χ3v) is 6.95. The molecular weight excluding hydrogens is 390 g/mol. The number of amides is 2. The standard InChI is InChI=1S/C22H25NO5S/c1-14(12-29-16(3)24)20(25)23(21(26)27)13-22(28,11-15(23)2)19-9-8-17-6-4-5-7-18(17)10-19/h4-10,14-15,28H,11-13H2,1-3H3/p+1/t14?,15?,22?,23-/m0/s1. The maximum atomic E-state index is 13.2. The molecule has 29 heavy (non-hydrogen) atoms. The van der Waals surface area contributed by atoms with Crippen LogP contribution in [0.4, 0.5) is 4.79 Å². The van der Waals surface area contributed by atoms with E-state index in [0.29, 0.717) is 5.56 Å². The summed E-state index contributed by atoms with van der Waals surface area (Å²) >= 11 is 1.01. The maximum Gasteiger partial charge on any atom is 0.521 e. The lowest BCUT2D eigenvalue weighted by molar-refractivity contribution is -0.797. The van der Waals surface area contributed by atoms with E-state index in [1.807, 2.05) is 36.4 Å². The minimum Gasteiger partial charge on any atom is -0.435 e. The summed E-state index contributed by atoms with van der Waals surface area (Å²) in [4.78, 5) is 36.8. The number of imide groups is 1. The summed E-state index contributed by atoms with van der Waals surface area (Å²) in [5.74, 6) is -0.875. The molecule has 3 unspecified atom stereocenters. The average molecular weight is 417 g/mol. The molecule has 1 fully saturated rings. The third kappa shape index (κ3) is 3.82. The van der Waals surface area contributed by atoms with Crippen molar-refractivity contribution < 1.29 is 29.1 Å². The number of benzene rings is 2. The third-order valence-electron chi connectivity index (χ3n) is 5.88. The van der Waals surface area contributed by atoms with Gasteiger partial charge in [-0.05, 0) is 36.2 Å². The van der Waals surface area contributed by atoms with Crippen molar-refractivity contribution in [3.05, 3.63) is 48.0 Å². The molecule has 6 nitrogen and oxygen atoms in total. The molecule has 0 radical (unpaired) electrons. The van der Waals surface area contributed by atoms with Gasteiger partial charge in [0, 0.05) is 19.1 Å². The Balaban J connectivity index is 1.97. The van der Waals surface area contributed by atoms with Gasteiger partial charge < -0.3 is 10.2 Å². The van der Waals surface area contributed by atoms with Crippen LogP contribution in [0.2, 0.25) is 0 Å². The van der Waals surface area contributed by atoms with Crippen molar-refractivity contribution in [2.75, 3.05) is 12.3 Å². The normalized spacial score (nSPS) is 27.7. The zero-order valence-corrected chi connectivity index (χ0v) is 17.6. The number of aliphatic hydroxyl groups is 1. The zero-order chi connectivity index (χ0) is 21.4. The lowest BCUT2D eigenvalue weighted by Crippen LogP contribution is -2.61. The Bertz CT molecular complexity index is 977. The van der Waals surface area contributed by atoms with Crippen LogP contribution < -0.4 is 0 Å². The number of thioether (sulfide) groups is 1. The van der Waals surface area contributed by atoms with E-state index in [9.17, 15) is 24.6 Å². The van der Waals surface area contributed by atoms with E-state index in [0.717, 1.165) is 22.5 Å². The highest BCUT2D eigenvalue weighted by Crippen LogP contribution is 2.43. The highest BCUT2D eigenvalue weighted by Gasteiger charge is 2.63. The van der Waals surface area contributed by atoms with E-state index in [1.54, 1.807) is 19.9 Å². The average Bonchev–Trinajstić information content (AvgIpc) is 2.97. The summed E-state index contributed by atoms with van der Waals surface area (Å²) in [5, 5.41) is 23.3. The first-order valence-electron chi connectivity index (χ1n) is 9.61. The molecule has 2 aromatic rings. The SMILES string of the molecule is CC(=O)SCC(C)C(=O)[N@+]1(C(=O)O)CC(O)(c2ccc3ccccc3c2)CC1C. The summed E-state index contributed by atoms with van der Waals surface area (Å²) in [6, 6.07) is 12.7. The molecule has 2 N–H and O–H groups in total. The van der Waals surface area contributed by atoms with E-state index in [4.69, 9.17) is 0 Å². The second-order valence-electron chi connectivity index (χ2n) is 8.00. The fourth-order valence-electron chi connectivity index (χ4n) is 4.32. The fourth-order valence-corrected chi connectivity index (χ4v) is 4.95. The Labute approximate surface area is 174 Å². The Hall–Kier alpha value is -2.22. The lowest BCUT2D eigenvalue weighted by atomic mass is 9.90. The smallest absolute Gasteiger partial charge is 0.435 e. The van der Waals surface area contributed by atoms with Crippen molar-refractivity contribution in [1.29, 1.82) is 0 Å². The van der Waals surface area contributed by atoms with Crippen LogP contribution in [0.25, 0.3) is 10.8 Å². The Morgan fingerprint density at radius 3 is 2.48 bits per heavy atom. The summed E-state index contributed by atoms with van der Waals surface area (Å²) in [7, 11) is 0. The van der Waals surface area contributed by atoms with Crippen molar-refractivity contribution in [1.82, 2.24) is 0 Å². The van der Waals surface area contributed by atoms with Gasteiger partial charge in [-0.25, -0.2) is 4.79 Å². The van der Waals surface area contributed by atoms with Gasteiger partial charge in [0.1, 0.15) is 18.2 Å². The predicted octanol–water partition coefficient (Wildman–Crippen LogP) is 3.76. The molecule has 1 saturated heterocycles. The van der Waals surface area contributed by atoms with Crippen molar-refractivity contribution in [2.45, 2.75) is 38.8 Å². The molecular formula is C22H26NO5S+. The number of carbonyl (C=O) groups is 3. The van der Waals surface area contributed by atoms with Gasteiger partial charge in [0.05, 0.1) is 5.92 Å². The van der Waals surface area contributed by atoms with E-state index in [2.05, 4.69) is 0 Å². The molecule has 0 bridgehead atoms. The second-order valence-corrected chi connectivity index (χ2v) is 9.19. The number of rotatable bonds is 4. The molecule has 0 spiro atoms. The molecule has 2 aromatic carbocycles. The number of carbonyl (C=O) groups excluding carboxylic acids is 2. The second kappa shape index (κ2) is 7.89. The largest absolute Gasteiger partial charge is 0.521 e. The summed E-state index contributed by atoms with van der Waals surface area (Å²) < 4.78 is -0.830. The van der Waals surface area contributed by atoms with Crippen LogP contribution in [-0.4, -0.2) is 50.2 Å². The van der Waals surface area contributed by atoms with Crippen molar-refractivity contribution in [2.24, 2.45) is 5.92 Å². The van der Waals surface area contributed by atoms with Crippen molar-refractivity contribution in [3.8, 4) is 0 Å². The Morgan fingerprint density at radius 2 is 1.86 bits per heavy atom. The van der Waals surface area contributed by atoms with Gasteiger partial charge in [0.25, 0.3) is 0 Å². The van der Waals surface area contributed by atoms with E-state index in [1.165, 1.54) is 6.92 Å². The molecule has 0 aromatic heterocycles. The number of nitrogens with zero attached hydrogens (tertiary/aromatic N) is 1. The van der Waals surface area contributed by atoms with Crippen LogP contribution in [0, 0.1) is 5.92 Å². The summed E-state index contributed by atoms with van der Waals surface area (Å²) in [6.45, 7) is 4.52. The highest BCUT2D eigenvalue weighted by molar-refractivity contribution is 8.13. The van der Waals surface area contributed by atoms with Crippen LogP contribution in [-0.2, 0) is 15.2 Å². The Morgan fingerprint density at radius 1 is 1.21 bits per heavy atom. The predicted molar refractivity (Wildman–Crippen MR) is 112 cm³/mol. The molecule has 2 amide bonds. The number of carboxylic acid groups (broad SMARTS) is 1. The van der Waals surface area contributed by atoms with E-state index in [-0.39, 0.29) is 23.8 Å². The number of quaternary nitrogens is 1. The van der Waals surface area contributed by atoms with Gasteiger partial charge in [-0.15, -0.1) is 0 Å². The Kier molecular flexibility index (Phi) is 5.85. The number of hydrogen-bond donors (Lipinski definition) is 2. The van der Waals surface area contributed by atoms with Gasteiger partial charge in [0.2, 0.25) is 0 Å². The first kappa shape index (κ1) is 21.5. The molecule has 3 rings (SSSR count). The van der Waals surface area contributed by atoms with E-state index < -0.39 is 34.0 Å². The number of likely N-dealkylation sites (tertiary alicyclic amines) is 1. The zero-order valence-electron chi connectivity index (χ0n) is 16.8. The van der Waals surface area contributed by atoms with Gasteiger partial charge in [-0.1, -0.05) is 48.2 Å². The maximum absolute atomic E-state index is 13.2. The summed E-state index contributed by atoms with van der Waals surface area (Å²) in [5.41, 5.74) is -0.812. The fraction of sp³-hybridized carbons (Fsp3) is 0.409. The summed E-state index contributed by atoms with van der Waals surface area (Å²) in [6.07, 6.45) is -1.10. The molecule has 1 aliphatic rings. The first-order chi connectivity index (χ1) is 13.6. The molecule has 0 aliphatic carbocycles. The highest BCUT2D eigenvalue weighted by atomic mass is 32.2. The van der Waals surface area contributed by atoms with Gasteiger partial charge >= 0.3 is 12.0 Å². The van der Waals surface area contributed by atoms with Crippen LogP contribution in [0.5, 0.6) is 0 Å². The van der Waals surface area contributed by atoms with Crippen LogP contribution >= 0.6 is 11.8 Å². The minimum absolute atomic E-state index is 0.117. The monoisotopic (exact) mass is 416 g/mol. The molecule has 7 heteroatoms. The molecule has 0 saturated carbocycles. The minimum atomic E-state index is -1.43. The quantitative estimate of drug-likeness (QED) is 0.738. The van der Waals surface area contributed by atoms with E-state index >= 15 is 0 Å².